The molecule has 1 spiro atoms. The number of amides is 1. The van der Waals surface area contributed by atoms with E-state index in [1.165, 1.54) is 0 Å². The van der Waals surface area contributed by atoms with Gasteiger partial charge in [0.05, 0.1) is 17.1 Å². The SMILES string of the molecule is C=CCN1CC[C@]23c4c5ccc(O)c4O[C@H]2[C@H](N(C)C(=O)/C=C/c2cc(Br)cs2)[C@@H](C)C[C@@]3(O)[C@H]1C5. The van der Waals surface area contributed by atoms with Gasteiger partial charge in [-0.3, -0.25) is 9.69 Å². The zero-order valence-corrected chi connectivity index (χ0v) is 22.9. The highest BCUT2D eigenvalue weighted by Gasteiger charge is 2.74. The lowest BCUT2D eigenvalue weighted by Gasteiger charge is -2.65. The molecule has 2 aliphatic carbocycles. The minimum absolute atomic E-state index is 0.00413. The second kappa shape index (κ2) is 8.45. The average molecular weight is 572 g/mol. The number of carbonyl (C=O) groups is 1. The summed E-state index contributed by atoms with van der Waals surface area (Å²) in [5.41, 5.74) is 0.384. The van der Waals surface area contributed by atoms with Crippen LogP contribution < -0.4 is 4.74 Å². The summed E-state index contributed by atoms with van der Waals surface area (Å²) in [6, 6.07) is 5.35. The maximum Gasteiger partial charge on any atom is 0.246 e. The molecule has 2 aliphatic heterocycles. The first-order valence-corrected chi connectivity index (χ1v) is 14.2. The molecule has 1 aromatic carbocycles. The molecule has 2 N–H and O–H groups in total. The van der Waals surface area contributed by atoms with E-state index in [4.69, 9.17) is 4.74 Å². The molecule has 0 radical (unpaired) electrons. The van der Waals surface area contributed by atoms with Gasteiger partial charge in [-0.15, -0.1) is 17.9 Å². The summed E-state index contributed by atoms with van der Waals surface area (Å²) in [4.78, 5) is 18.5. The summed E-state index contributed by atoms with van der Waals surface area (Å²) in [5, 5.41) is 25.4. The topological polar surface area (TPSA) is 73.2 Å². The molecule has 1 aromatic heterocycles. The summed E-state index contributed by atoms with van der Waals surface area (Å²) in [6.45, 7) is 7.57. The van der Waals surface area contributed by atoms with Gasteiger partial charge in [0.25, 0.3) is 0 Å². The first-order chi connectivity index (χ1) is 17.2. The molecular formula is C28H31BrN2O4S. The number of nitrogens with zero attached hydrogens (tertiary/aromatic N) is 2. The molecule has 6 rings (SSSR count). The molecule has 4 aliphatic rings. The second-order valence-corrected chi connectivity index (χ2v) is 12.6. The maximum atomic E-state index is 13.4. The minimum atomic E-state index is -1.02. The standard InChI is InChI=1S/C28H31BrN2O4S/c1-4-10-31-11-9-27-23-17-5-7-20(32)25(23)35-26(27)24(16(2)14-28(27,34)21(31)12-17)30(3)22(33)8-6-19-13-18(29)15-36-19/h4-8,13,15-16,21,24,26,32,34H,1,9-12,14H2,2-3H3/b8-6+/t16-,21+,24+,26-,27-,28+/m0/s1. The van der Waals surface area contributed by atoms with E-state index in [1.54, 1.807) is 28.4 Å². The number of benzene rings is 1. The zero-order valence-electron chi connectivity index (χ0n) is 20.5. The quantitative estimate of drug-likeness (QED) is 0.413. The molecule has 8 heteroatoms. The molecule has 190 valence electrons. The van der Waals surface area contributed by atoms with Gasteiger partial charge in [-0.05, 0) is 71.4 Å². The molecule has 6 nitrogen and oxygen atoms in total. The predicted octanol–water partition coefficient (Wildman–Crippen LogP) is 4.34. The van der Waals surface area contributed by atoms with Crippen molar-refractivity contribution in [3.63, 3.8) is 0 Å². The van der Waals surface area contributed by atoms with E-state index in [9.17, 15) is 15.0 Å². The second-order valence-electron chi connectivity index (χ2n) is 10.8. The number of thiophene rings is 1. The van der Waals surface area contributed by atoms with Crippen molar-refractivity contribution in [3.8, 4) is 11.5 Å². The van der Waals surface area contributed by atoms with E-state index in [2.05, 4.69) is 34.3 Å². The molecular weight excluding hydrogens is 540 g/mol. The fourth-order valence-electron chi connectivity index (χ4n) is 7.68. The highest BCUT2D eigenvalue weighted by atomic mass is 79.9. The van der Waals surface area contributed by atoms with E-state index in [-0.39, 0.29) is 29.7 Å². The normalized spacial score (nSPS) is 34.3. The lowest BCUT2D eigenvalue weighted by Crippen LogP contribution is -2.79. The van der Waals surface area contributed by atoms with Crippen LogP contribution >= 0.6 is 27.3 Å². The van der Waals surface area contributed by atoms with Crippen molar-refractivity contribution < 1.29 is 19.7 Å². The van der Waals surface area contributed by atoms with Crippen LogP contribution in [0, 0.1) is 5.92 Å². The predicted molar refractivity (Wildman–Crippen MR) is 144 cm³/mol. The van der Waals surface area contributed by atoms with Crippen LogP contribution in [0.5, 0.6) is 11.5 Å². The van der Waals surface area contributed by atoms with Crippen molar-refractivity contribution in [2.45, 2.75) is 55.4 Å². The Kier molecular flexibility index (Phi) is 5.68. The van der Waals surface area contributed by atoms with Crippen molar-refractivity contribution in [3.05, 3.63) is 62.8 Å². The van der Waals surface area contributed by atoms with Crippen molar-refractivity contribution in [2.24, 2.45) is 5.92 Å². The van der Waals surface area contributed by atoms with Gasteiger partial charge >= 0.3 is 0 Å². The van der Waals surface area contributed by atoms with Gasteiger partial charge < -0.3 is 19.8 Å². The Morgan fingerprint density at radius 2 is 2.25 bits per heavy atom. The van der Waals surface area contributed by atoms with Gasteiger partial charge in [-0.1, -0.05) is 19.1 Å². The van der Waals surface area contributed by atoms with Crippen LogP contribution in [-0.2, 0) is 16.6 Å². The van der Waals surface area contributed by atoms with Crippen molar-refractivity contribution >= 4 is 39.2 Å². The number of aliphatic hydroxyl groups is 1. The number of ether oxygens (including phenoxy) is 1. The number of carbonyl (C=O) groups excluding carboxylic acids is 1. The minimum Gasteiger partial charge on any atom is -0.504 e. The molecule has 6 atom stereocenters. The molecule has 2 fully saturated rings. The monoisotopic (exact) mass is 570 g/mol. The van der Waals surface area contributed by atoms with Crippen molar-refractivity contribution in [2.75, 3.05) is 20.1 Å². The van der Waals surface area contributed by atoms with Crippen LogP contribution in [0.1, 0.15) is 35.8 Å². The molecule has 2 bridgehead atoms. The average Bonchev–Trinajstić information content (AvgIpc) is 3.41. The highest BCUT2D eigenvalue weighted by molar-refractivity contribution is 9.10. The van der Waals surface area contributed by atoms with E-state index >= 15 is 0 Å². The number of hydrogen-bond acceptors (Lipinski definition) is 6. The molecule has 1 amide bonds. The number of rotatable bonds is 5. The van der Waals surface area contributed by atoms with Crippen molar-refractivity contribution in [1.82, 2.24) is 9.80 Å². The Labute approximate surface area is 224 Å². The van der Waals surface area contributed by atoms with Gasteiger partial charge in [-0.2, -0.15) is 0 Å². The number of likely N-dealkylation sites (tertiary alicyclic amines) is 1. The molecule has 0 unspecified atom stereocenters. The first kappa shape index (κ1) is 24.2. The summed E-state index contributed by atoms with van der Waals surface area (Å²) < 4.78 is 7.61. The Bertz CT molecular complexity index is 1280. The Morgan fingerprint density at radius 3 is 2.97 bits per heavy atom. The Morgan fingerprint density at radius 1 is 1.44 bits per heavy atom. The number of phenols is 1. The number of aromatic hydroxyl groups is 1. The number of hydrogen-bond donors (Lipinski definition) is 2. The van der Waals surface area contributed by atoms with Gasteiger partial charge in [0, 0.05) is 46.0 Å². The van der Waals surface area contributed by atoms with Crippen LogP contribution in [-0.4, -0.2) is 69.8 Å². The van der Waals surface area contributed by atoms with E-state index < -0.39 is 17.1 Å². The van der Waals surface area contributed by atoms with Crippen LogP contribution in [0.15, 0.2) is 46.8 Å². The largest absolute Gasteiger partial charge is 0.504 e. The molecule has 3 heterocycles. The maximum absolute atomic E-state index is 13.4. The smallest absolute Gasteiger partial charge is 0.246 e. The van der Waals surface area contributed by atoms with Crippen LogP contribution in [0.2, 0.25) is 0 Å². The van der Waals surface area contributed by atoms with E-state index in [1.807, 2.05) is 36.7 Å². The van der Waals surface area contributed by atoms with Crippen LogP contribution in [0.25, 0.3) is 6.08 Å². The van der Waals surface area contributed by atoms with E-state index in [0.717, 1.165) is 27.0 Å². The third kappa shape index (κ3) is 3.17. The van der Waals surface area contributed by atoms with Gasteiger partial charge in [0.1, 0.15) is 6.10 Å². The highest BCUT2D eigenvalue weighted by Crippen LogP contribution is 2.66. The van der Waals surface area contributed by atoms with Gasteiger partial charge in [0.2, 0.25) is 5.91 Å². The summed E-state index contributed by atoms with van der Waals surface area (Å²) in [7, 11) is 1.83. The van der Waals surface area contributed by atoms with Crippen molar-refractivity contribution in [1.29, 1.82) is 0 Å². The number of phenolic OH excluding ortho intramolecular Hbond substituents is 1. The molecule has 1 saturated heterocycles. The first-order valence-electron chi connectivity index (χ1n) is 12.5. The molecule has 36 heavy (non-hydrogen) atoms. The summed E-state index contributed by atoms with van der Waals surface area (Å²) in [6.07, 6.45) is 6.88. The fraction of sp³-hybridized carbons (Fsp3) is 0.464. The third-order valence-corrected chi connectivity index (χ3v) is 10.7. The number of piperidine rings is 1. The van der Waals surface area contributed by atoms with Gasteiger partial charge in [-0.25, -0.2) is 0 Å². The summed E-state index contributed by atoms with van der Waals surface area (Å²) in [5.74, 6) is 0.495. The lowest BCUT2D eigenvalue weighted by molar-refractivity contribution is -0.210. The van der Waals surface area contributed by atoms with E-state index in [0.29, 0.717) is 31.6 Å². The zero-order chi connectivity index (χ0) is 25.4. The Balaban J connectivity index is 1.42. The fourth-order valence-corrected chi connectivity index (χ4v) is 9.02. The third-order valence-electron chi connectivity index (χ3n) is 9.03. The Hall–Kier alpha value is -2.13. The number of likely N-dealkylation sites (N-methyl/N-ethyl adjacent to an activating group) is 1. The molecule has 2 aromatic rings. The van der Waals surface area contributed by atoms with Gasteiger partial charge in [0.15, 0.2) is 11.5 Å². The van der Waals surface area contributed by atoms with Crippen LogP contribution in [0.4, 0.5) is 0 Å². The summed E-state index contributed by atoms with van der Waals surface area (Å²) >= 11 is 5.03. The lowest BCUT2D eigenvalue weighted by atomic mass is 9.46. The number of halogens is 1. The van der Waals surface area contributed by atoms with Crippen LogP contribution in [0.3, 0.4) is 0 Å². The molecule has 1 saturated carbocycles.